The van der Waals surface area contributed by atoms with Gasteiger partial charge in [0.2, 0.25) is 0 Å². The Balaban J connectivity index is 1.98. The molecule has 2 aromatic carbocycles. The van der Waals surface area contributed by atoms with Crippen LogP contribution in [0.4, 0.5) is 0 Å². The highest BCUT2D eigenvalue weighted by atomic mass is 35.5. The van der Waals surface area contributed by atoms with Crippen molar-refractivity contribution in [3.05, 3.63) is 69.2 Å². The minimum atomic E-state index is -1.48. The molecular formula is C25H29ClO6. The third kappa shape index (κ3) is 5.51. The number of ether oxygens (including phenoxy) is 2. The minimum Gasteiger partial charge on any atom is -0.394 e. The lowest BCUT2D eigenvalue weighted by Gasteiger charge is -2.41. The van der Waals surface area contributed by atoms with Crippen LogP contribution in [0.3, 0.4) is 0 Å². The van der Waals surface area contributed by atoms with Crippen molar-refractivity contribution >= 4 is 11.6 Å². The van der Waals surface area contributed by atoms with E-state index >= 15 is 0 Å². The molecule has 0 radical (unpaired) electrons. The Hall–Kier alpha value is -1.95. The zero-order chi connectivity index (χ0) is 23.3. The van der Waals surface area contributed by atoms with E-state index in [1.165, 1.54) is 5.56 Å². The number of benzene rings is 2. The van der Waals surface area contributed by atoms with Crippen molar-refractivity contribution in [2.24, 2.45) is 0 Å². The van der Waals surface area contributed by atoms with E-state index in [0.29, 0.717) is 22.6 Å². The highest BCUT2D eigenvalue weighted by Crippen LogP contribution is 2.37. The SMILES string of the molecule is C#CCOCc1cc(Cl)c(Cc2ccc(CC)cc2)cc1[C@@H]1O[C@H](CO)[C@@H](O)[C@H](O)[C@H]1O. The van der Waals surface area contributed by atoms with Crippen LogP contribution in [0, 0.1) is 12.3 Å². The molecule has 6 nitrogen and oxygen atoms in total. The lowest BCUT2D eigenvalue weighted by atomic mass is 9.87. The fourth-order valence-electron chi connectivity index (χ4n) is 3.89. The van der Waals surface area contributed by atoms with Crippen molar-refractivity contribution in [3.8, 4) is 12.3 Å². The largest absolute Gasteiger partial charge is 0.394 e. The van der Waals surface area contributed by atoms with Gasteiger partial charge in [-0.25, -0.2) is 0 Å². The first-order valence-corrected chi connectivity index (χ1v) is 11.0. The second kappa shape index (κ2) is 11.3. The Morgan fingerprint density at radius 2 is 1.72 bits per heavy atom. The average molecular weight is 461 g/mol. The molecule has 7 heteroatoms. The van der Waals surface area contributed by atoms with E-state index in [1.54, 1.807) is 6.07 Å². The number of hydrogen-bond acceptors (Lipinski definition) is 6. The Kier molecular flexibility index (Phi) is 8.69. The van der Waals surface area contributed by atoms with Crippen molar-refractivity contribution in [2.75, 3.05) is 13.2 Å². The summed E-state index contributed by atoms with van der Waals surface area (Å²) < 4.78 is 11.3. The molecule has 1 saturated heterocycles. The summed E-state index contributed by atoms with van der Waals surface area (Å²) in [6.07, 6.45) is 0.451. The molecule has 0 unspecified atom stereocenters. The molecule has 3 rings (SSSR count). The van der Waals surface area contributed by atoms with Crippen molar-refractivity contribution in [2.45, 2.75) is 56.9 Å². The summed E-state index contributed by atoms with van der Waals surface area (Å²) in [6.45, 7) is 1.81. The summed E-state index contributed by atoms with van der Waals surface area (Å²) in [5, 5.41) is 41.2. The fraction of sp³-hybridized carbons (Fsp3) is 0.440. The van der Waals surface area contributed by atoms with Crippen molar-refractivity contribution < 1.29 is 29.9 Å². The van der Waals surface area contributed by atoms with Crippen LogP contribution in [0.15, 0.2) is 36.4 Å². The van der Waals surface area contributed by atoms with Gasteiger partial charge in [-0.05, 0) is 46.7 Å². The lowest BCUT2D eigenvalue weighted by molar-refractivity contribution is -0.232. The zero-order valence-electron chi connectivity index (χ0n) is 17.9. The second-order valence-electron chi connectivity index (χ2n) is 7.94. The monoisotopic (exact) mass is 460 g/mol. The van der Waals surface area contributed by atoms with Gasteiger partial charge in [0.05, 0.1) is 13.2 Å². The van der Waals surface area contributed by atoms with Gasteiger partial charge in [0.1, 0.15) is 37.1 Å². The molecule has 0 aromatic heterocycles. The molecule has 0 aliphatic carbocycles. The molecular weight excluding hydrogens is 432 g/mol. The highest BCUT2D eigenvalue weighted by Gasteiger charge is 2.44. The number of rotatable bonds is 8. The molecule has 4 N–H and O–H groups in total. The molecule has 32 heavy (non-hydrogen) atoms. The topological polar surface area (TPSA) is 99.4 Å². The van der Waals surface area contributed by atoms with E-state index in [2.05, 4.69) is 25.0 Å². The number of aliphatic hydroxyl groups excluding tert-OH is 4. The van der Waals surface area contributed by atoms with Crippen LogP contribution in [-0.4, -0.2) is 58.1 Å². The van der Waals surface area contributed by atoms with E-state index in [0.717, 1.165) is 17.5 Å². The van der Waals surface area contributed by atoms with Gasteiger partial charge in [-0.15, -0.1) is 6.42 Å². The second-order valence-corrected chi connectivity index (χ2v) is 8.34. The number of aliphatic hydroxyl groups is 4. The maximum absolute atomic E-state index is 10.7. The molecule has 0 spiro atoms. The highest BCUT2D eigenvalue weighted by molar-refractivity contribution is 6.31. The van der Waals surface area contributed by atoms with Gasteiger partial charge < -0.3 is 29.9 Å². The minimum absolute atomic E-state index is 0.0945. The molecule has 0 amide bonds. The van der Waals surface area contributed by atoms with Gasteiger partial charge >= 0.3 is 0 Å². The molecule has 1 aliphatic heterocycles. The van der Waals surface area contributed by atoms with Crippen LogP contribution in [0.5, 0.6) is 0 Å². The summed E-state index contributed by atoms with van der Waals surface area (Å²) in [6, 6.07) is 11.8. The summed E-state index contributed by atoms with van der Waals surface area (Å²) in [5.74, 6) is 2.40. The zero-order valence-corrected chi connectivity index (χ0v) is 18.7. The maximum atomic E-state index is 10.7. The standard InChI is InChI=1S/C25H29ClO6/c1-3-9-31-14-18-12-20(26)17(10-16-7-5-15(4-2)6-8-16)11-19(18)25-24(30)23(29)22(28)21(13-27)32-25/h1,5-8,11-12,21-25,27-30H,4,9-10,13-14H2,2H3/t21-,22-,23+,24-,25+/m1/s1. The van der Waals surface area contributed by atoms with Crippen LogP contribution in [0.1, 0.15) is 40.8 Å². The van der Waals surface area contributed by atoms with E-state index in [9.17, 15) is 20.4 Å². The van der Waals surface area contributed by atoms with Crippen LogP contribution in [0.25, 0.3) is 0 Å². The van der Waals surface area contributed by atoms with Crippen LogP contribution < -0.4 is 0 Å². The predicted molar refractivity (Wildman–Crippen MR) is 121 cm³/mol. The summed E-state index contributed by atoms with van der Waals surface area (Å²) in [5.41, 5.74) is 4.31. The van der Waals surface area contributed by atoms with E-state index < -0.39 is 37.1 Å². The molecule has 172 valence electrons. The Labute approximate surface area is 193 Å². The predicted octanol–water partition coefficient (Wildman–Crippen LogP) is 2.16. The molecule has 2 aromatic rings. The molecule has 0 saturated carbocycles. The van der Waals surface area contributed by atoms with Gasteiger partial charge in [-0.3, -0.25) is 0 Å². The summed E-state index contributed by atoms with van der Waals surface area (Å²) in [4.78, 5) is 0. The van der Waals surface area contributed by atoms with Gasteiger partial charge in [-0.2, -0.15) is 0 Å². The third-order valence-electron chi connectivity index (χ3n) is 5.78. The van der Waals surface area contributed by atoms with Gasteiger partial charge in [0.15, 0.2) is 0 Å². The van der Waals surface area contributed by atoms with Crippen molar-refractivity contribution in [1.82, 2.24) is 0 Å². The smallest absolute Gasteiger partial charge is 0.113 e. The maximum Gasteiger partial charge on any atom is 0.113 e. The Bertz CT molecular complexity index is 937. The third-order valence-corrected chi connectivity index (χ3v) is 6.13. The van der Waals surface area contributed by atoms with E-state index in [1.807, 2.05) is 18.2 Å². The quantitative estimate of drug-likeness (QED) is 0.356. The number of hydrogen-bond donors (Lipinski definition) is 4. The first-order chi connectivity index (χ1) is 15.4. The fourth-order valence-corrected chi connectivity index (χ4v) is 4.15. The normalized spacial score (nSPS) is 25.5. The van der Waals surface area contributed by atoms with E-state index in [-0.39, 0.29) is 13.2 Å². The van der Waals surface area contributed by atoms with Gasteiger partial charge in [-0.1, -0.05) is 54.8 Å². The van der Waals surface area contributed by atoms with Gasteiger partial charge in [0, 0.05) is 5.02 Å². The number of terminal acetylenes is 1. The molecule has 5 atom stereocenters. The summed E-state index contributed by atoms with van der Waals surface area (Å²) in [7, 11) is 0. The van der Waals surface area contributed by atoms with Crippen molar-refractivity contribution in [1.29, 1.82) is 0 Å². The number of aryl methyl sites for hydroxylation is 1. The Morgan fingerprint density at radius 1 is 1.03 bits per heavy atom. The first kappa shape index (κ1) is 24.7. The first-order valence-electron chi connectivity index (χ1n) is 10.6. The van der Waals surface area contributed by atoms with Crippen LogP contribution in [0.2, 0.25) is 5.02 Å². The molecule has 1 fully saturated rings. The Morgan fingerprint density at radius 3 is 2.34 bits per heavy atom. The van der Waals surface area contributed by atoms with Crippen molar-refractivity contribution in [3.63, 3.8) is 0 Å². The molecule has 1 aliphatic rings. The van der Waals surface area contributed by atoms with E-state index in [4.69, 9.17) is 27.5 Å². The molecule has 0 bridgehead atoms. The van der Waals surface area contributed by atoms with Crippen LogP contribution >= 0.6 is 11.6 Å². The number of halogens is 1. The average Bonchev–Trinajstić information content (AvgIpc) is 2.80. The van der Waals surface area contributed by atoms with Gasteiger partial charge in [0.25, 0.3) is 0 Å². The molecule has 1 heterocycles. The van der Waals surface area contributed by atoms with Crippen LogP contribution in [-0.2, 0) is 28.9 Å². The lowest BCUT2D eigenvalue weighted by Crippen LogP contribution is -2.55. The summed E-state index contributed by atoms with van der Waals surface area (Å²) >= 11 is 6.58.